The molecular formula is C13H12F5NO. The molecule has 1 aromatic heterocycles. The molecule has 110 valence electrons. The smallest absolute Gasteiger partial charge is 0.418 e. The topological polar surface area (TPSA) is 14.2 Å². The molecule has 7 heteroatoms. The second-order valence-electron chi connectivity index (χ2n) is 4.32. The molecule has 0 unspecified atom stereocenters. The Bertz CT molecular complexity index is 630. The number of aryl methyl sites for hydroxylation is 2. The summed E-state index contributed by atoms with van der Waals surface area (Å²) in [4.78, 5) is 0. The first-order valence-electron chi connectivity index (χ1n) is 5.88. The number of hydrogen-bond acceptors (Lipinski definition) is 1. The van der Waals surface area contributed by atoms with Gasteiger partial charge >= 0.3 is 12.8 Å². The van der Waals surface area contributed by atoms with Gasteiger partial charge in [0, 0.05) is 29.7 Å². The van der Waals surface area contributed by atoms with Gasteiger partial charge in [0.25, 0.3) is 0 Å². The highest BCUT2D eigenvalue weighted by molar-refractivity contribution is 5.90. The van der Waals surface area contributed by atoms with Crippen molar-refractivity contribution in [3.8, 4) is 5.75 Å². The Morgan fingerprint density at radius 3 is 2.40 bits per heavy atom. The largest absolute Gasteiger partial charge is 0.435 e. The average Bonchev–Trinajstić information content (AvgIpc) is 2.66. The van der Waals surface area contributed by atoms with Gasteiger partial charge in [-0.2, -0.15) is 22.0 Å². The number of rotatable bonds is 3. The fourth-order valence-electron chi connectivity index (χ4n) is 2.31. The van der Waals surface area contributed by atoms with E-state index in [1.807, 2.05) is 0 Å². The first kappa shape index (κ1) is 14.6. The van der Waals surface area contributed by atoms with Gasteiger partial charge in [-0.05, 0) is 18.6 Å². The Morgan fingerprint density at radius 2 is 1.90 bits per heavy atom. The van der Waals surface area contributed by atoms with Crippen molar-refractivity contribution < 1.29 is 26.7 Å². The van der Waals surface area contributed by atoms with Crippen LogP contribution in [0.4, 0.5) is 22.0 Å². The number of hydrogen-bond donors (Lipinski definition) is 0. The van der Waals surface area contributed by atoms with Gasteiger partial charge in [0.1, 0.15) is 5.75 Å². The number of fused-ring (bicyclic) bond motifs is 1. The fraction of sp³-hybridized carbons (Fsp3) is 0.385. The quantitative estimate of drug-likeness (QED) is 0.767. The minimum atomic E-state index is -4.55. The highest BCUT2D eigenvalue weighted by atomic mass is 19.4. The Labute approximate surface area is 111 Å². The highest BCUT2D eigenvalue weighted by Gasteiger charge is 2.35. The van der Waals surface area contributed by atoms with Crippen molar-refractivity contribution in [1.29, 1.82) is 0 Å². The first-order valence-corrected chi connectivity index (χ1v) is 5.88. The monoisotopic (exact) mass is 293 g/mol. The van der Waals surface area contributed by atoms with E-state index in [4.69, 9.17) is 0 Å². The van der Waals surface area contributed by atoms with E-state index in [9.17, 15) is 22.0 Å². The zero-order valence-corrected chi connectivity index (χ0v) is 10.8. The Morgan fingerprint density at radius 1 is 1.25 bits per heavy atom. The van der Waals surface area contributed by atoms with Gasteiger partial charge in [0.15, 0.2) is 0 Å². The summed E-state index contributed by atoms with van der Waals surface area (Å²) in [6, 6.07) is 2.62. The number of ether oxygens (including phenoxy) is 1. The Balaban J connectivity index is 2.77. The predicted octanol–water partition coefficient (Wildman–Crippen LogP) is 4.36. The maximum Gasteiger partial charge on any atom is 0.418 e. The van der Waals surface area contributed by atoms with E-state index in [0.29, 0.717) is 5.52 Å². The maximum absolute atomic E-state index is 13.0. The van der Waals surface area contributed by atoms with E-state index in [2.05, 4.69) is 4.74 Å². The summed E-state index contributed by atoms with van der Waals surface area (Å²) in [5.74, 6) is -0.216. The molecule has 0 atom stereocenters. The Kier molecular flexibility index (Phi) is 3.62. The van der Waals surface area contributed by atoms with E-state index in [0.717, 1.165) is 6.20 Å². The summed E-state index contributed by atoms with van der Waals surface area (Å²) >= 11 is 0. The SMILES string of the molecule is CCc1c(OC(F)F)ccc2c1c(C(F)(F)F)cn2C. The van der Waals surface area contributed by atoms with Crippen LogP contribution in [0.25, 0.3) is 10.9 Å². The third kappa shape index (κ3) is 2.44. The summed E-state index contributed by atoms with van der Waals surface area (Å²) < 4.78 is 69.4. The molecule has 1 aromatic carbocycles. The van der Waals surface area contributed by atoms with Gasteiger partial charge in [0.05, 0.1) is 5.56 Å². The molecule has 0 bridgehead atoms. The van der Waals surface area contributed by atoms with Crippen LogP contribution in [0.15, 0.2) is 18.3 Å². The molecule has 0 amide bonds. The molecule has 0 radical (unpaired) electrons. The van der Waals surface area contributed by atoms with Crippen molar-refractivity contribution in [3.63, 3.8) is 0 Å². The minimum absolute atomic E-state index is 0.0827. The van der Waals surface area contributed by atoms with Gasteiger partial charge < -0.3 is 9.30 Å². The predicted molar refractivity (Wildman–Crippen MR) is 63.9 cm³/mol. The number of alkyl halides is 5. The average molecular weight is 293 g/mol. The van der Waals surface area contributed by atoms with Crippen LogP contribution in [0.1, 0.15) is 18.1 Å². The second kappa shape index (κ2) is 4.96. The van der Waals surface area contributed by atoms with Gasteiger partial charge in [-0.25, -0.2) is 0 Å². The van der Waals surface area contributed by atoms with Crippen LogP contribution in [0.5, 0.6) is 5.75 Å². The molecule has 1 heterocycles. The lowest BCUT2D eigenvalue weighted by Crippen LogP contribution is -2.07. The molecule has 2 nitrogen and oxygen atoms in total. The summed E-state index contributed by atoms with van der Waals surface area (Å²) in [5, 5.41) is -0.0827. The number of aromatic nitrogens is 1. The standard InChI is InChI=1S/C13H12F5NO/c1-3-7-10(20-12(14)15)5-4-9-11(7)8(6-19(9)2)13(16,17)18/h4-6,12H,3H2,1-2H3. The van der Waals surface area contributed by atoms with Gasteiger partial charge in [-0.3, -0.25) is 0 Å². The van der Waals surface area contributed by atoms with E-state index in [-0.39, 0.29) is 23.1 Å². The lowest BCUT2D eigenvalue weighted by Gasteiger charge is -2.13. The molecule has 0 saturated carbocycles. The van der Waals surface area contributed by atoms with Gasteiger partial charge in [-0.1, -0.05) is 6.92 Å². The summed E-state index contributed by atoms with van der Waals surface area (Å²) in [6.07, 6.45) is -3.44. The van der Waals surface area contributed by atoms with Crippen LogP contribution >= 0.6 is 0 Å². The van der Waals surface area contributed by atoms with Crippen molar-refractivity contribution in [2.75, 3.05) is 0 Å². The molecule has 0 N–H and O–H groups in total. The van der Waals surface area contributed by atoms with Gasteiger partial charge in [-0.15, -0.1) is 0 Å². The third-order valence-corrected chi connectivity index (χ3v) is 3.10. The summed E-state index contributed by atoms with van der Waals surface area (Å²) in [5.41, 5.74) is -0.377. The van der Waals surface area contributed by atoms with Crippen LogP contribution in [-0.2, 0) is 19.6 Å². The molecule has 0 spiro atoms. The van der Waals surface area contributed by atoms with Crippen molar-refractivity contribution in [2.45, 2.75) is 26.1 Å². The normalized spacial score (nSPS) is 12.4. The van der Waals surface area contributed by atoms with Crippen LogP contribution in [0, 0.1) is 0 Å². The van der Waals surface area contributed by atoms with E-state index in [1.165, 1.54) is 23.7 Å². The molecule has 0 saturated heterocycles. The van der Waals surface area contributed by atoms with Crippen molar-refractivity contribution >= 4 is 10.9 Å². The molecule has 0 aliphatic rings. The van der Waals surface area contributed by atoms with Crippen LogP contribution < -0.4 is 4.74 Å². The lowest BCUT2D eigenvalue weighted by molar-refractivity contribution is -0.136. The molecular weight excluding hydrogens is 281 g/mol. The second-order valence-corrected chi connectivity index (χ2v) is 4.32. The van der Waals surface area contributed by atoms with Crippen molar-refractivity contribution in [1.82, 2.24) is 4.57 Å². The van der Waals surface area contributed by atoms with Crippen LogP contribution in [0.2, 0.25) is 0 Å². The summed E-state index contributed by atoms with van der Waals surface area (Å²) in [7, 11) is 1.48. The molecule has 20 heavy (non-hydrogen) atoms. The van der Waals surface area contributed by atoms with Crippen molar-refractivity contribution in [2.24, 2.45) is 7.05 Å². The third-order valence-electron chi connectivity index (χ3n) is 3.10. The molecule has 2 aromatic rings. The minimum Gasteiger partial charge on any atom is -0.435 e. The molecule has 0 aliphatic carbocycles. The van der Waals surface area contributed by atoms with Gasteiger partial charge in [0.2, 0.25) is 0 Å². The van der Waals surface area contributed by atoms with E-state index < -0.39 is 18.4 Å². The maximum atomic E-state index is 13.0. The lowest BCUT2D eigenvalue weighted by atomic mass is 10.0. The first-order chi connectivity index (χ1) is 9.25. The highest BCUT2D eigenvalue weighted by Crippen LogP contribution is 2.40. The Hall–Kier alpha value is -1.79. The number of benzene rings is 1. The molecule has 2 rings (SSSR count). The fourth-order valence-corrected chi connectivity index (χ4v) is 2.31. The van der Waals surface area contributed by atoms with Crippen molar-refractivity contribution in [3.05, 3.63) is 29.5 Å². The zero-order chi connectivity index (χ0) is 15.1. The van der Waals surface area contributed by atoms with E-state index >= 15 is 0 Å². The summed E-state index contributed by atoms with van der Waals surface area (Å²) in [6.45, 7) is -1.48. The van der Waals surface area contributed by atoms with E-state index in [1.54, 1.807) is 6.92 Å². The van der Waals surface area contributed by atoms with Crippen LogP contribution in [0.3, 0.4) is 0 Å². The molecule has 0 fully saturated rings. The number of halogens is 5. The van der Waals surface area contributed by atoms with Crippen LogP contribution in [-0.4, -0.2) is 11.2 Å². The zero-order valence-electron chi connectivity index (χ0n) is 10.8. The molecule has 0 aliphatic heterocycles. The number of nitrogens with zero attached hydrogens (tertiary/aromatic N) is 1.